The predicted octanol–water partition coefficient (Wildman–Crippen LogP) is 2.56. The standard InChI is InChI=1S/C15H22N2OS/c16-11-6-12-17-14(18)15(9-4-5-10-15)19-13-7-2-1-3-8-13/h1-3,7-8H,4-6,9-12,16H2,(H,17,18). The van der Waals surface area contributed by atoms with Crippen LogP contribution in [0.15, 0.2) is 35.2 Å². The zero-order valence-corrected chi connectivity index (χ0v) is 12.0. The number of hydrogen-bond donors (Lipinski definition) is 2. The Hall–Kier alpha value is -1.00. The molecule has 19 heavy (non-hydrogen) atoms. The third-order valence-corrected chi connectivity index (χ3v) is 5.04. The van der Waals surface area contributed by atoms with Crippen molar-refractivity contribution >= 4 is 17.7 Å². The molecule has 0 radical (unpaired) electrons. The number of carbonyl (C=O) groups is 1. The molecule has 4 heteroatoms. The molecule has 1 amide bonds. The monoisotopic (exact) mass is 278 g/mol. The highest BCUT2D eigenvalue weighted by molar-refractivity contribution is 8.01. The molecule has 0 heterocycles. The zero-order valence-electron chi connectivity index (χ0n) is 11.2. The summed E-state index contributed by atoms with van der Waals surface area (Å²) >= 11 is 1.72. The minimum Gasteiger partial charge on any atom is -0.355 e. The van der Waals surface area contributed by atoms with Crippen molar-refractivity contribution in [2.75, 3.05) is 13.1 Å². The molecule has 3 N–H and O–H groups in total. The van der Waals surface area contributed by atoms with Crippen molar-refractivity contribution in [2.24, 2.45) is 5.73 Å². The Labute approximate surface area is 119 Å². The number of hydrogen-bond acceptors (Lipinski definition) is 3. The number of rotatable bonds is 6. The molecular weight excluding hydrogens is 256 g/mol. The van der Waals surface area contributed by atoms with Crippen LogP contribution < -0.4 is 11.1 Å². The Morgan fingerprint density at radius 2 is 1.95 bits per heavy atom. The van der Waals surface area contributed by atoms with Gasteiger partial charge in [0.05, 0.1) is 4.75 Å². The van der Waals surface area contributed by atoms with Crippen LogP contribution in [-0.2, 0) is 4.79 Å². The van der Waals surface area contributed by atoms with E-state index in [-0.39, 0.29) is 10.7 Å². The number of amides is 1. The molecule has 0 aliphatic heterocycles. The van der Waals surface area contributed by atoms with Gasteiger partial charge < -0.3 is 11.1 Å². The fourth-order valence-corrected chi connectivity index (χ4v) is 3.90. The van der Waals surface area contributed by atoms with E-state index in [2.05, 4.69) is 17.4 Å². The summed E-state index contributed by atoms with van der Waals surface area (Å²) < 4.78 is -0.268. The molecule has 1 aromatic rings. The lowest BCUT2D eigenvalue weighted by molar-refractivity contribution is -0.123. The highest BCUT2D eigenvalue weighted by Gasteiger charge is 2.41. The van der Waals surface area contributed by atoms with Gasteiger partial charge >= 0.3 is 0 Å². The summed E-state index contributed by atoms with van der Waals surface area (Å²) in [5, 5.41) is 3.05. The molecule has 3 nitrogen and oxygen atoms in total. The third-order valence-electron chi connectivity index (χ3n) is 3.55. The third kappa shape index (κ3) is 3.74. The Morgan fingerprint density at radius 1 is 1.26 bits per heavy atom. The van der Waals surface area contributed by atoms with Crippen molar-refractivity contribution in [3.63, 3.8) is 0 Å². The number of nitrogens with one attached hydrogen (secondary N) is 1. The van der Waals surface area contributed by atoms with Crippen molar-refractivity contribution in [2.45, 2.75) is 41.7 Å². The first-order chi connectivity index (χ1) is 9.27. The Bertz CT molecular complexity index is 402. The van der Waals surface area contributed by atoms with Crippen molar-refractivity contribution < 1.29 is 4.79 Å². The van der Waals surface area contributed by atoms with Crippen LogP contribution in [0.2, 0.25) is 0 Å². The lowest BCUT2D eigenvalue weighted by atomic mass is 10.1. The highest BCUT2D eigenvalue weighted by atomic mass is 32.2. The van der Waals surface area contributed by atoms with Crippen LogP contribution in [-0.4, -0.2) is 23.7 Å². The van der Waals surface area contributed by atoms with Crippen LogP contribution in [0.1, 0.15) is 32.1 Å². The van der Waals surface area contributed by atoms with Gasteiger partial charge in [-0.25, -0.2) is 0 Å². The van der Waals surface area contributed by atoms with Gasteiger partial charge in [-0.05, 0) is 37.9 Å². The predicted molar refractivity (Wildman–Crippen MR) is 80.2 cm³/mol. The van der Waals surface area contributed by atoms with Gasteiger partial charge in [0.15, 0.2) is 0 Å². The molecule has 104 valence electrons. The first-order valence-corrected chi connectivity index (χ1v) is 7.81. The van der Waals surface area contributed by atoms with E-state index < -0.39 is 0 Å². The van der Waals surface area contributed by atoms with Gasteiger partial charge in [-0.3, -0.25) is 4.79 Å². The van der Waals surface area contributed by atoms with Gasteiger partial charge in [0, 0.05) is 11.4 Å². The van der Waals surface area contributed by atoms with E-state index in [0.717, 1.165) is 32.1 Å². The van der Waals surface area contributed by atoms with Crippen molar-refractivity contribution in [3.05, 3.63) is 30.3 Å². The van der Waals surface area contributed by atoms with Crippen LogP contribution in [0.3, 0.4) is 0 Å². The number of carbonyl (C=O) groups excluding carboxylic acids is 1. The molecule has 0 unspecified atom stereocenters. The van der Waals surface area contributed by atoms with Gasteiger partial charge in [-0.1, -0.05) is 31.0 Å². The van der Waals surface area contributed by atoms with Gasteiger partial charge in [0.1, 0.15) is 0 Å². The largest absolute Gasteiger partial charge is 0.355 e. The van der Waals surface area contributed by atoms with Crippen molar-refractivity contribution in [1.82, 2.24) is 5.32 Å². The van der Waals surface area contributed by atoms with E-state index in [1.165, 1.54) is 4.90 Å². The van der Waals surface area contributed by atoms with E-state index >= 15 is 0 Å². The summed E-state index contributed by atoms with van der Waals surface area (Å²) in [5.74, 6) is 0.187. The topological polar surface area (TPSA) is 55.1 Å². The second-order valence-corrected chi connectivity index (χ2v) is 6.47. The number of thioether (sulfide) groups is 1. The summed E-state index contributed by atoms with van der Waals surface area (Å²) in [6, 6.07) is 10.2. The van der Waals surface area contributed by atoms with Crippen LogP contribution in [0, 0.1) is 0 Å². The van der Waals surface area contributed by atoms with Crippen LogP contribution in [0.4, 0.5) is 0 Å². The van der Waals surface area contributed by atoms with E-state index in [1.54, 1.807) is 11.8 Å². The maximum absolute atomic E-state index is 12.5. The summed E-state index contributed by atoms with van der Waals surface area (Å²) in [4.78, 5) is 13.7. The maximum Gasteiger partial charge on any atom is 0.236 e. The van der Waals surface area contributed by atoms with Crippen LogP contribution in [0.5, 0.6) is 0 Å². The molecule has 1 saturated carbocycles. The van der Waals surface area contributed by atoms with E-state index in [1.807, 2.05) is 18.2 Å². The number of benzene rings is 1. The molecule has 1 fully saturated rings. The lowest BCUT2D eigenvalue weighted by Gasteiger charge is -2.27. The minimum atomic E-state index is -0.268. The second-order valence-electron chi connectivity index (χ2n) is 5.01. The molecule has 0 saturated heterocycles. The first-order valence-electron chi connectivity index (χ1n) is 6.99. The van der Waals surface area contributed by atoms with Gasteiger partial charge in [0.2, 0.25) is 5.91 Å². The van der Waals surface area contributed by atoms with E-state index in [9.17, 15) is 4.79 Å². The second kappa shape index (κ2) is 6.96. The molecule has 0 atom stereocenters. The SMILES string of the molecule is NCCCNC(=O)C1(Sc2ccccc2)CCCC1. The summed E-state index contributed by atoms with van der Waals surface area (Å²) in [6.07, 6.45) is 5.08. The first kappa shape index (κ1) is 14.4. The Morgan fingerprint density at radius 3 is 2.58 bits per heavy atom. The summed E-state index contributed by atoms with van der Waals surface area (Å²) in [5.41, 5.74) is 5.47. The molecule has 0 aromatic heterocycles. The Balaban J connectivity index is 2.03. The Kier molecular flexibility index (Phi) is 5.28. The molecule has 2 rings (SSSR count). The van der Waals surface area contributed by atoms with Crippen molar-refractivity contribution in [1.29, 1.82) is 0 Å². The van der Waals surface area contributed by atoms with E-state index in [0.29, 0.717) is 13.1 Å². The fourth-order valence-electron chi connectivity index (χ4n) is 2.50. The lowest BCUT2D eigenvalue weighted by Crippen LogP contribution is -2.42. The quantitative estimate of drug-likeness (QED) is 0.786. The van der Waals surface area contributed by atoms with Gasteiger partial charge in [0.25, 0.3) is 0 Å². The average molecular weight is 278 g/mol. The van der Waals surface area contributed by atoms with Gasteiger partial charge in [-0.2, -0.15) is 0 Å². The van der Waals surface area contributed by atoms with Crippen molar-refractivity contribution in [3.8, 4) is 0 Å². The molecule has 1 aliphatic carbocycles. The average Bonchev–Trinajstić information content (AvgIpc) is 2.90. The molecule has 0 spiro atoms. The maximum atomic E-state index is 12.5. The van der Waals surface area contributed by atoms with E-state index in [4.69, 9.17) is 5.73 Å². The normalized spacial score (nSPS) is 17.3. The van der Waals surface area contributed by atoms with Crippen LogP contribution >= 0.6 is 11.8 Å². The highest BCUT2D eigenvalue weighted by Crippen LogP contribution is 2.45. The molecule has 0 bridgehead atoms. The zero-order chi connectivity index (χ0) is 13.6. The fraction of sp³-hybridized carbons (Fsp3) is 0.533. The minimum absolute atomic E-state index is 0.187. The van der Waals surface area contributed by atoms with Gasteiger partial charge in [-0.15, -0.1) is 11.8 Å². The molecular formula is C15H22N2OS. The summed E-state index contributed by atoms with van der Waals surface area (Å²) in [7, 11) is 0. The smallest absolute Gasteiger partial charge is 0.236 e. The molecule has 1 aromatic carbocycles. The summed E-state index contributed by atoms with van der Waals surface area (Å²) in [6.45, 7) is 1.31. The van der Waals surface area contributed by atoms with Crippen LogP contribution in [0.25, 0.3) is 0 Å². The number of nitrogens with two attached hydrogens (primary N) is 1. The molecule has 1 aliphatic rings.